The molecule has 10 rings (SSSR count). The molecule has 57 heavy (non-hydrogen) atoms. The van der Waals surface area contributed by atoms with Gasteiger partial charge in [0.1, 0.15) is 0 Å². The van der Waals surface area contributed by atoms with Gasteiger partial charge in [-0.25, -0.2) is 0 Å². The maximum atomic E-state index is 9.92. The summed E-state index contributed by atoms with van der Waals surface area (Å²) in [7, 11) is 0. The summed E-state index contributed by atoms with van der Waals surface area (Å²) in [5, 5.41) is 3.45. The van der Waals surface area contributed by atoms with Crippen molar-refractivity contribution in [1.29, 1.82) is 0 Å². The maximum absolute atomic E-state index is 9.92. The number of benzene rings is 10. The molecule has 0 aliphatic heterocycles. The van der Waals surface area contributed by atoms with Gasteiger partial charge in [0.05, 0.1) is 20.8 Å². The second kappa shape index (κ2) is 15.0. The SMILES string of the molecule is [2H]c1c([2H])c(N(c2c([2H])c([2H])c(-c3ccc4ccccc4c3-c3ccccc3)c([2H])c2[2H])c2c([2H])c([2H])c(-c3ccccc3)c([2H])c2-c2ccccc2)c([2H])c([2H])c1-c1ccc2ccccc2c1. The summed E-state index contributed by atoms with van der Waals surface area (Å²) in [5.41, 5.74) is 2.07. The Morgan fingerprint density at radius 2 is 0.842 bits per heavy atom. The van der Waals surface area contributed by atoms with E-state index < -0.39 is 71.8 Å². The zero-order chi connectivity index (χ0) is 47.5. The van der Waals surface area contributed by atoms with Crippen molar-refractivity contribution in [2.75, 3.05) is 4.90 Å². The van der Waals surface area contributed by atoms with Gasteiger partial charge in [0, 0.05) is 16.9 Å². The lowest BCUT2D eigenvalue weighted by Gasteiger charge is -2.29. The molecule has 0 aromatic heterocycles. The second-order valence-corrected chi connectivity index (χ2v) is 13.6. The Kier molecular flexibility index (Phi) is 6.34. The van der Waals surface area contributed by atoms with Gasteiger partial charge in [-0.15, -0.1) is 0 Å². The molecule has 10 aromatic carbocycles. The van der Waals surface area contributed by atoms with Crippen LogP contribution in [0.4, 0.5) is 17.1 Å². The molecule has 0 aliphatic carbocycles. The van der Waals surface area contributed by atoms with Crippen molar-refractivity contribution in [3.05, 3.63) is 236 Å². The van der Waals surface area contributed by atoms with Crippen LogP contribution >= 0.6 is 0 Å². The molecule has 0 fully saturated rings. The fourth-order valence-corrected chi connectivity index (χ4v) is 7.32. The Labute approximate surface area is 349 Å². The lowest BCUT2D eigenvalue weighted by molar-refractivity contribution is 1.28. The molecule has 0 unspecified atom stereocenters. The van der Waals surface area contributed by atoms with Gasteiger partial charge in [-0.2, -0.15) is 0 Å². The van der Waals surface area contributed by atoms with E-state index in [9.17, 15) is 15.1 Å². The van der Waals surface area contributed by atoms with Gasteiger partial charge in [-0.3, -0.25) is 0 Å². The van der Waals surface area contributed by atoms with E-state index in [2.05, 4.69) is 0 Å². The number of hydrogen-bond donors (Lipinski definition) is 0. The first-order valence-electron chi connectivity index (χ1n) is 24.2. The van der Waals surface area contributed by atoms with E-state index >= 15 is 0 Å². The van der Waals surface area contributed by atoms with E-state index in [1.54, 1.807) is 78.9 Å². The number of hydrogen-bond acceptors (Lipinski definition) is 1. The van der Waals surface area contributed by atoms with E-state index in [1.807, 2.05) is 91.0 Å². The smallest absolute Gasteiger partial charge is 0.0645 e. The van der Waals surface area contributed by atoms with E-state index in [4.69, 9.17) is 0 Å². The molecule has 10 aromatic rings. The summed E-state index contributed by atoms with van der Waals surface area (Å²) in [4.78, 5) is 1.06. The number of nitrogens with zero attached hydrogens (tertiary/aromatic N) is 1. The standard InChI is InChI=1S/C56H39N/c1-4-14-40(15-5-1)49-31-37-55(54(39-49)43-17-6-2-7-18-43)57(50-32-26-42(27-33-50)48-25-24-41-16-10-11-22-47(41)38-48)51-34-28-45(29-35-51)53-36-30-44-19-12-13-23-52(44)56(53)46-20-8-3-9-21-46/h1-39H/i26D,27D,28D,29D,31D,32D,33D,34D,35D,37D,39D. The summed E-state index contributed by atoms with van der Waals surface area (Å²) >= 11 is 0. The van der Waals surface area contributed by atoms with Crippen LogP contribution in [0.2, 0.25) is 0 Å². The highest BCUT2D eigenvalue weighted by Gasteiger charge is 2.20. The van der Waals surface area contributed by atoms with Gasteiger partial charge in [0.2, 0.25) is 0 Å². The third kappa shape index (κ3) is 6.66. The minimum Gasteiger partial charge on any atom is -0.310 e. The van der Waals surface area contributed by atoms with Crippen LogP contribution in [-0.4, -0.2) is 0 Å². The van der Waals surface area contributed by atoms with Crippen LogP contribution in [0.25, 0.3) is 77.2 Å². The minimum absolute atomic E-state index is 0.00901. The van der Waals surface area contributed by atoms with Gasteiger partial charge in [-0.05, 0) is 114 Å². The Morgan fingerprint density at radius 1 is 0.316 bits per heavy atom. The van der Waals surface area contributed by atoms with Gasteiger partial charge >= 0.3 is 0 Å². The van der Waals surface area contributed by atoms with Crippen molar-refractivity contribution >= 4 is 38.6 Å². The molecule has 0 amide bonds. The zero-order valence-electron chi connectivity index (χ0n) is 41.6. The van der Waals surface area contributed by atoms with Crippen LogP contribution in [0.3, 0.4) is 0 Å². The molecule has 0 aliphatic rings. The van der Waals surface area contributed by atoms with E-state index in [-0.39, 0.29) is 34.0 Å². The third-order valence-electron chi connectivity index (χ3n) is 10.1. The van der Waals surface area contributed by atoms with Crippen molar-refractivity contribution in [3.8, 4) is 55.6 Å². The normalized spacial score (nSPS) is 13.9. The van der Waals surface area contributed by atoms with Crippen LogP contribution in [0.5, 0.6) is 0 Å². The predicted molar refractivity (Wildman–Crippen MR) is 243 cm³/mol. The zero-order valence-corrected chi connectivity index (χ0v) is 30.6. The Hall–Kier alpha value is -7.48. The first-order chi connectivity index (χ1) is 32.9. The monoisotopic (exact) mass is 736 g/mol. The van der Waals surface area contributed by atoms with Crippen LogP contribution in [0.15, 0.2) is 236 Å². The van der Waals surface area contributed by atoms with E-state index in [0.29, 0.717) is 27.8 Å². The summed E-state index contributed by atoms with van der Waals surface area (Å²) in [6.07, 6.45) is 0. The number of rotatable bonds is 8. The molecule has 0 atom stereocenters. The molecule has 0 saturated heterocycles. The molecular formula is C56H39N. The largest absolute Gasteiger partial charge is 0.310 e. The average molecular weight is 737 g/mol. The first kappa shape index (κ1) is 24.1. The molecule has 1 heteroatoms. The van der Waals surface area contributed by atoms with Gasteiger partial charge in [0.25, 0.3) is 0 Å². The summed E-state index contributed by atoms with van der Waals surface area (Å²) in [6.45, 7) is 0. The second-order valence-electron chi connectivity index (χ2n) is 13.6. The van der Waals surface area contributed by atoms with E-state index in [1.165, 1.54) is 0 Å². The van der Waals surface area contributed by atoms with Crippen LogP contribution < -0.4 is 4.90 Å². The molecule has 0 bridgehead atoms. The molecule has 0 heterocycles. The lowest BCUT2D eigenvalue weighted by Crippen LogP contribution is -2.11. The number of fused-ring (bicyclic) bond motifs is 2. The van der Waals surface area contributed by atoms with Crippen molar-refractivity contribution in [2.45, 2.75) is 0 Å². The van der Waals surface area contributed by atoms with Crippen molar-refractivity contribution in [1.82, 2.24) is 0 Å². The molecule has 0 saturated carbocycles. The summed E-state index contributed by atoms with van der Waals surface area (Å²) < 4.78 is 107. The van der Waals surface area contributed by atoms with Crippen LogP contribution in [0.1, 0.15) is 15.1 Å². The summed E-state index contributed by atoms with van der Waals surface area (Å²) in [6, 6.07) is 45.8. The fourth-order valence-electron chi connectivity index (χ4n) is 7.32. The van der Waals surface area contributed by atoms with Crippen molar-refractivity contribution in [2.24, 2.45) is 0 Å². The van der Waals surface area contributed by atoms with Gasteiger partial charge in [0.15, 0.2) is 0 Å². The number of anilines is 3. The van der Waals surface area contributed by atoms with Crippen molar-refractivity contribution < 1.29 is 15.1 Å². The molecule has 0 radical (unpaired) electrons. The summed E-state index contributed by atoms with van der Waals surface area (Å²) in [5.74, 6) is 0. The predicted octanol–water partition coefficient (Wildman–Crippen LogP) is 15.8. The van der Waals surface area contributed by atoms with Gasteiger partial charge < -0.3 is 4.90 Å². The Bertz CT molecular complexity index is 3580. The highest BCUT2D eigenvalue weighted by atomic mass is 15.1. The molecule has 0 spiro atoms. The van der Waals surface area contributed by atoms with Crippen LogP contribution in [0, 0.1) is 0 Å². The van der Waals surface area contributed by atoms with Crippen LogP contribution in [-0.2, 0) is 0 Å². The quantitative estimate of drug-likeness (QED) is 0.150. The third-order valence-corrected chi connectivity index (χ3v) is 10.1. The Balaban J connectivity index is 1.33. The lowest BCUT2D eigenvalue weighted by atomic mass is 9.89. The minimum atomic E-state index is -0.604. The highest BCUT2D eigenvalue weighted by Crippen LogP contribution is 2.45. The average Bonchev–Trinajstić information content (AvgIpc) is 3.36. The topological polar surface area (TPSA) is 3.24 Å². The molecule has 0 N–H and O–H groups in total. The highest BCUT2D eigenvalue weighted by molar-refractivity contribution is 6.04. The Morgan fingerprint density at radius 3 is 1.53 bits per heavy atom. The molecule has 268 valence electrons. The van der Waals surface area contributed by atoms with Crippen molar-refractivity contribution in [3.63, 3.8) is 0 Å². The molecular weight excluding hydrogens is 687 g/mol. The maximum Gasteiger partial charge on any atom is 0.0645 e. The first-order valence-corrected chi connectivity index (χ1v) is 18.7. The molecule has 1 nitrogen and oxygen atoms in total. The van der Waals surface area contributed by atoms with E-state index in [0.717, 1.165) is 32.0 Å². The fraction of sp³-hybridized carbons (Fsp3) is 0. The van der Waals surface area contributed by atoms with Gasteiger partial charge in [-0.1, -0.05) is 194 Å².